The second kappa shape index (κ2) is 10.6. The Kier molecular flexibility index (Phi) is 9.18. The Morgan fingerprint density at radius 1 is 1.38 bits per heavy atom. The number of hydrogen-bond donors (Lipinski definition) is 2. The maximum absolute atomic E-state index is 11.4. The highest BCUT2D eigenvalue weighted by molar-refractivity contribution is 14.0. The van der Waals surface area contributed by atoms with Crippen molar-refractivity contribution in [2.45, 2.75) is 51.7 Å². The van der Waals surface area contributed by atoms with Crippen molar-refractivity contribution < 1.29 is 14.3 Å². The summed E-state index contributed by atoms with van der Waals surface area (Å²) in [6.07, 6.45) is 1.95. The number of carbonyl (C=O) groups excluding carboxylic acids is 1. The van der Waals surface area contributed by atoms with Crippen LogP contribution in [-0.2, 0) is 9.53 Å². The Hall–Kier alpha value is -1.51. The van der Waals surface area contributed by atoms with Gasteiger partial charge in [-0.2, -0.15) is 0 Å². The van der Waals surface area contributed by atoms with Gasteiger partial charge in [0.05, 0.1) is 12.6 Å². The fourth-order valence-electron chi connectivity index (χ4n) is 2.96. The molecule has 1 aliphatic heterocycles. The summed E-state index contributed by atoms with van der Waals surface area (Å²) in [4.78, 5) is 15.7. The highest BCUT2D eigenvalue weighted by Crippen LogP contribution is 2.39. The number of carbonyl (C=O) groups is 1. The largest absolute Gasteiger partial charge is 0.487 e. The van der Waals surface area contributed by atoms with Crippen molar-refractivity contribution >= 4 is 35.9 Å². The number of guanidine groups is 1. The van der Waals surface area contributed by atoms with Crippen LogP contribution in [0.3, 0.4) is 0 Å². The second-order valence-electron chi connectivity index (χ2n) is 6.71. The summed E-state index contributed by atoms with van der Waals surface area (Å²) in [5.74, 6) is 1.47. The molecule has 1 atom stereocenters. The molecule has 7 heteroatoms. The van der Waals surface area contributed by atoms with E-state index in [2.05, 4.69) is 35.5 Å². The minimum absolute atomic E-state index is 0. The second-order valence-corrected chi connectivity index (χ2v) is 6.71. The normalized spacial score (nSPS) is 18.0. The maximum atomic E-state index is 11.4. The van der Waals surface area contributed by atoms with Crippen molar-refractivity contribution in [2.75, 3.05) is 20.2 Å². The summed E-state index contributed by atoms with van der Waals surface area (Å²) in [5.41, 5.74) is 0.894. The molecule has 0 amide bonds. The van der Waals surface area contributed by atoms with Gasteiger partial charge in [-0.3, -0.25) is 9.79 Å². The fraction of sp³-hybridized carbons (Fsp3) is 0.579. The number of benzene rings is 1. The molecule has 2 N–H and O–H groups in total. The zero-order valence-electron chi connectivity index (χ0n) is 16.0. The van der Waals surface area contributed by atoms with Crippen molar-refractivity contribution in [2.24, 2.45) is 4.99 Å². The SMILES string of the molecule is CCOC(=O)CCCNC(=NC)NC1CC(C)(C)Oc2ccccc21.I. The Morgan fingerprint density at radius 3 is 2.81 bits per heavy atom. The number of hydrogen-bond acceptors (Lipinski definition) is 4. The van der Waals surface area contributed by atoms with Gasteiger partial charge in [0.25, 0.3) is 0 Å². The average Bonchev–Trinajstić information content (AvgIpc) is 2.56. The van der Waals surface area contributed by atoms with E-state index < -0.39 is 0 Å². The van der Waals surface area contributed by atoms with Gasteiger partial charge >= 0.3 is 5.97 Å². The summed E-state index contributed by atoms with van der Waals surface area (Å²) in [6, 6.07) is 8.21. The average molecular weight is 475 g/mol. The lowest BCUT2D eigenvalue weighted by Gasteiger charge is -2.38. The van der Waals surface area contributed by atoms with E-state index in [0.29, 0.717) is 26.0 Å². The van der Waals surface area contributed by atoms with Gasteiger partial charge in [-0.15, -0.1) is 24.0 Å². The highest BCUT2D eigenvalue weighted by Gasteiger charge is 2.33. The number of esters is 1. The lowest BCUT2D eigenvalue weighted by Crippen LogP contribution is -2.45. The molecule has 2 rings (SSSR count). The molecule has 26 heavy (non-hydrogen) atoms. The molecule has 0 saturated heterocycles. The van der Waals surface area contributed by atoms with E-state index in [1.807, 2.05) is 25.1 Å². The lowest BCUT2D eigenvalue weighted by atomic mass is 9.90. The van der Waals surface area contributed by atoms with E-state index in [-0.39, 0.29) is 41.6 Å². The third-order valence-electron chi connectivity index (χ3n) is 4.07. The molecule has 6 nitrogen and oxygen atoms in total. The van der Waals surface area contributed by atoms with Crippen LogP contribution in [0.4, 0.5) is 0 Å². The zero-order valence-corrected chi connectivity index (χ0v) is 18.3. The smallest absolute Gasteiger partial charge is 0.305 e. The molecule has 1 aliphatic rings. The minimum Gasteiger partial charge on any atom is -0.487 e. The van der Waals surface area contributed by atoms with Crippen LogP contribution in [0.2, 0.25) is 0 Å². The third kappa shape index (κ3) is 6.66. The van der Waals surface area contributed by atoms with E-state index in [1.165, 1.54) is 0 Å². The van der Waals surface area contributed by atoms with Crippen LogP contribution in [-0.4, -0.2) is 37.7 Å². The van der Waals surface area contributed by atoms with Gasteiger partial charge in [0.2, 0.25) is 0 Å². The predicted molar refractivity (Wildman–Crippen MR) is 114 cm³/mol. The van der Waals surface area contributed by atoms with Gasteiger partial charge < -0.3 is 20.1 Å². The molecule has 1 unspecified atom stereocenters. The molecule has 146 valence electrons. The summed E-state index contributed by atoms with van der Waals surface area (Å²) >= 11 is 0. The Morgan fingerprint density at radius 2 is 2.12 bits per heavy atom. The molecule has 0 saturated carbocycles. The number of fused-ring (bicyclic) bond motifs is 1. The topological polar surface area (TPSA) is 72.0 Å². The quantitative estimate of drug-likeness (QED) is 0.217. The number of aliphatic imine (C=N–C) groups is 1. The van der Waals surface area contributed by atoms with Crippen LogP contribution in [0.15, 0.2) is 29.3 Å². The van der Waals surface area contributed by atoms with E-state index in [1.54, 1.807) is 7.05 Å². The van der Waals surface area contributed by atoms with Crippen molar-refractivity contribution in [1.29, 1.82) is 0 Å². The van der Waals surface area contributed by atoms with Crippen LogP contribution >= 0.6 is 24.0 Å². The minimum atomic E-state index is -0.241. The van der Waals surface area contributed by atoms with E-state index >= 15 is 0 Å². The monoisotopic (exact) mass is 475 g/mol. The highest BCUT2D eigenvalue weighted by atomic mass is 127. The van der Waals surface area contributed by atoms with Gasteiger partial charge in [-0.25, -0.2) is 0 Å². The Bertz CT molecular complexity index is 620. The molecule has 0 fully saturated rings. The molecule has 0 radical (unpaired) electrons. The number of halogens is 1. The van der Waals surface area contributed by atoms with Crippen molar-refractivity contribution in [3.8, 4) is 5.75 Å². The first-order chi connectivity index (χ1) is 11.9. The molecule has 1 aromatic carbocycles. The summed E-state index contributed by atoms with van der Waals surface area (Å²) in [7, 11) is 1.75. The van der Waals surface area contributed by atoms with Crippen molar-refractivity contribution in [1.82, 2.24) is 10.6 Å². The number of rotatable bonds is 6. The van der Waals surface area contributed by atoms with Gasteiger partial charge in [0, 0.05) is 32.0 Å². The number of para-hydroxylation sites is 1. The van der Waals surface area contributed by atoms with E-state index in [9.17, 15) is 4.79 Å². The van der Waals surface area contributed by atoms with Gasteiger partial charge in [0.1, 0.15) is 11.4 Å². The fourth-order valence-corrected chi connectivity index (χ4v) is 2.96. The first kappa shape index (κ1) is 22.5. The Labute approximate surface area is 173 Å². The van der Waals surface area contributed by atoms with E-state index in [0.717, 1.165) is 23.7 Å². The maximum Gasteiger partial charge on any atom is 0.305 e. The van der Waals surface area contributed by atoms with Gasteiger partial charge in [-0.1, -0.05) is 18.2 Å². The van der Waals surface area contributed by atoms with Gasteiger partial charge in [-0.05, 0) is 33.3 Å². The van der Waals surface area contributed by atoms with Crippen LogP contribution in [0.25, 0.3) is 0 Å². The van der Waals surface area contributed by atoms with Crippen LogP contribution in [0.5, 0.6) is 5.75 Å². The first-order valence-electron chi connectivity index (χ1n) is 8.86. The number of ether oxygens (including phenoxy) is 2. The van der Waals surface area contributed by atoms with E-state index in [4.69, 9.17) is 9.47 Å². The molecule has 0 aromatic heterocycles. The number of nitrogens with one attached hydrogen (secondary N) is 2. The summed E-state index contributed by atoms with van der Waals surface area (Å²) in [5, 5.41) is 6.74. The standard InChI is InChI=1S/C19H29N3O3.HI/c1-5-24-17(23)11-8-12-21-18(20-4)22-15-13-19(2,3)25-16-10-7-6-9-14(15)16;/h6-7,9-10,15H,5,8,11-13H2,1-4H3,(H2,20,21,22);1H. The van der Waals surface area contributed by atoms with Gasteiger partial charge in [0.15, 0.2) is 5.96 Å². The molecular weight excluding hydrogens is 445 g/mol. The molecule has 0 aliphatic carbocycles. The Balaban J connectivity index is 0.00000338. The third-order valence-corrected chi connectivity index (χ3v) is 4.07. The van der Waals surface area contributed by atoms with Crippen molar-refractivity contribution in [3.05, 3.63) is 29.8 Å². The van der Waals surface area contributed by atoms with Crippen molar-refractivity contribution in [3.63, 3.8) is 0 Å². The summed E-state index contributed by atoms with van der Waals surface area (Å²) in [6.45, 7) is 7.08. The first-order valence-corrected chi connectivity index (χ1v) is 8.86. The van der Waals surface area contributed by atoms with Crippen LogP contribution in [0, 0.1) is 0 Å². The summed E-state index contributed by atoms with van der Waals surface area (Å²) < 4.78 is 11.0. The number of nitrogens with zero attached hydrogens (tertiary/aromatic N) is 1. The van der Waals surface area contributed by atoms with Crippen LogP contribution < -0.4 is 15.4 Å². The molecular formula is C19H30IN3O3. The predicted octanol–water partition coefficient (Wildman–Crippen LogP) is 3.42. The molecule has 1 aromatic rings. The molecule has 0 spiro atoms. The molecule has 0 bridgehead atoms. The van der Waals surface area contributed by atoms with Crippen LogP contribution in [0.1, 0.15) is 51.6 Å². The lowest BCUT2D eigenvalue weighted by molar-refractivity contribution is -0.143. The molecule has 1 heterocycles. The zero-order chi connectivity index (χ0) is 18.3.